The molecule has 0 bridgehead atoms. The summed E-state index contributed by atoms with van der Waals surface area (Å²) in [6, 6.07) is 2.59. The third kappa shape index (κ3) is 4.59. The number of carbonyl (C=O) groups excluding carboxylic acids is 1. The van der Waals surface area contributed by atoms with E-state index in [0.29, 0.717) is 5.92 Å². The molecule has 1 saturated heterocycles. The molecule has 0 aliphatic carbocycles. The Kier molecular flexibility index (Phi) is 6.00. The van der Waals surface area contributed by atoms with Gasteiger partial charge in [0.2, 0.25) is 5.91 Å². The first-order chi connectivity index (χ1) is 11.4. The van der Waals surface area contributed by atoms with Crippen molar-refractivity contribution < 1.29 is 14.7 Å². The van der Waals surface area contributed by atoms with Gasteiger partial charge in [-0.1, -0.05) is 6.92 Å². The summed E-state index contributed by atoms with van der Waals surface area (Å²) in [6.07, 6.45) is 3.81. The number of rotatable bonds is 6. The summed E-state index contributed by atoms with van der Waals surface area (Å²) in [7, 11) is 0. The van der Waals surface area contributed by atoms with E-state index in [2.05, 4.69) is 17.1 Å². The molecule has 1 aromatic rings. The Labute approximate surface area is 141 Å². The van der Waals surface area contributed by atoms with E-state index < -0.39 is 12.0 Å². The van der Waals surface area contributed by atoms with Gasteiger partial charge in [-0.05, 0) is 31.7 Å². The summed E-state index contributed by atoms with van der Waals surface area (Å²) < 4.78 is 1.41. The van der Waals surface area contributed by atoms with E-state index in [1.54, 1.807) is 19.2 Å². The van der Waals surface area contributed by atoms with Gasteiger partial charge in [0.15, 0.2) is 0 Å². The van der Waals surface area contributed by atoms with Crippen molar-refractivity contribution >= 4 is 17.6 Å². The lowest BCUT2D eigenvalue weighted by atomic mass is 9.99. The largest absolute Gasteiger partial charge is 0.481 e. The predicted octanol–water partition coefficient (Wildman–Crippen LogP) is 1.24. The number of nitrogens with zero attached hydrogens (tertiary/aromatic N) is 2. The van der Waals surface area contributed by atoms with Gasteiger partial charge in [0.1, 0.15) is 6.04 Å². The van der Waals surface area contributed by atoms with Gasteiger partial charge in [-0.3, -0.25) is 14.4 Å². The third-order valence-corrected chi connectivity index (χ3v) is 4.51. The molecule has 1 amide bonds. The monoisotopic (exact) mass is 335 g/mol. The van der Waals surface area contributed by atoms with Crippen molar-refractivity contribution in [1.82, 2.24) is 9.88 Å². The molecule has 1 aliphatic rings. The fourth-order valence-corrected chi connectivity index (χ4v) is 2.82. The number of aromatic nitrogens is 1. The number of carboxylic acids is 1. The van der Waals surface area contributed by atoms with Crippen molar-refractivity contribution in [1.29, 1.82) is 0 Å². The summed E-state index contributed by atoms with van der Waals surface area (Å²) >= 11 is 0. The fourth-order valence-electron chi connectivity index (χ4n) is 2.82. The second-order valence-corrected chi connectivity index (χ2v) is 6.41. The summed E-state index contributed by atoms with van der Waals surface area (Å²) in [6.45, 7) is 5.81. The zero-order chi connectivity index (χ0) is 17.7. The smallest absolute Gasteiger partial charge is 0.305 e. The van der Waals surface area contributed by atoms with Crippen LogP contribution in [0.15, 0.2) is 23.1 Å². The van der Waals surface area contributed by atoms with Crippen LogP contribution in [0.25, 0.3) is 0 Å². The van der Waals surface area contributed by atoms with E-state index in [1.807, 2.05) is 0 Å². The zero-order valence-electron chi connectivity index (χ0n) is 14.2. The van der Waals surface area contributed by atoms with Crippen molar-refractivity contribution in [2.75, 3.05) is 24.5 Å². The van der Waals surface area contributed by atoms with Crippen molar-refractivity contribution in [3.63, 3.8) is 0 Å². The second-order valence-electron chi connectivity index (χ2n) is 6.41. The Morgan fingerprint density at radius 2 is 2.00 bits per heavy atom. The van der Waals surface area contributed by atoms with E-state index in [4.69, 9.17) is 5.11 Å². The molecule has 0 radical (unpaired) electrons. The van der Waals surface area contributed by atoms with Crippen LogP contribution in [0.3, 0.4) is 0 Å². The molecule has 2 N–H and O–H groups in total. The first-order valence-electron chi connectivity index (χ1n) is 8.35. The second kappa shape index (κ2) is 7.99. The maximum atomic E-state index is 12.1. The molecule has 7 nitrogen and oxygen atoms in total. The third-order valence-electron chi connectivity index (χ3n) is 4.51. The molecule has 24 heavy (non-hydrogen) atoms. The minimum absolute atomic E-state index is 0.0525. The van der Waals surface area contributed by atoms with Crippen LogP contribution >= 0.6 is 0 Å². The molecule has 2 rings (SSSR count). The highest BCUT2D eigenvalue weighted by atomic mass is 16.4. The molecule has 1 aliphatic heterocycles. The van der Waals surface area contributed by atoms with E-state index in [9.17, 15) is 14.4 Å². The Bertz CT molecular complexity index is 647. The van der Waals surface area contributed by atoms with Crippen LogP contribution in [-0.2, 0) is 9.59 Å². The average molecular weight is 335 g/mol. The van der Waals surface area contributed by atoms with Gasteiger partial charge in [0.25, 0.3) is 5.56 Å². The van der Waals surface area contributed by atoms with Crippen LogP contribution in [0.1, 0.15) is 39.2 Å². The summed E-state index contributed by atoms with van der Waals surface area (Å²) in [5.41, 5.74) is 0.691. The van der Waals surface area contributed by atoms with Crippen LogP contribution in [0.2, 0.25) is 0 Å². The van der Waals surface area contributed by atoms with E-state index in [1.165, 1.54) is 10.6 Å². The molecule has 1 unspecified atom stereocenters. The Morgan fingerprint density at radius 3 is 2.62 bits per heavy atom. The first-order valence-corrected chi connectivity index (χ1v) is 8.35. The SMILES string of the molecule is CC1CCN(c2ccc(=O)n(C(C)C(=O)NCCC(=O)O)c2)CC1. The van der Waals surface area contributed by atoms with E-state index >= 15 is 0 Å². The Balaban J connectivity index is 2.08. The molecular formula is C17H25N3O4. The molecule has 0 saturated carbocycles. The minimum atomic E-state index is -0.971. The molecule has 1 aromatic heterocycles. The lowest BCUT2D eigenvalue weighted by Crippen LogP contribution is -2.38. The average Bonchev–Trinajstić information content (AvgIpc) is 2.55. The first kappa shape index (κ1) is 18.0. The van der Waals surface area contributed by atoms with Gasteiger partial charge in [0, 0.05) is 31.9 Å². The molecule has 1 fully saturated rings. The van der Waals surface area contributed by atoms with Crippen LogP contribution < -0.4 is 15.8 Å². The van der Waals surface area contributed by atoms with Gasteiger partial charge < -0.3 is 19.9 Å². The molecule has 1 atom stereocenters. The molecule has 0 spiro atoms. The molecular weight excluding hydrogens is 310 g/mol. The van der Waals surface area contributed by atoms with Gasteiger partial charge in [-0.15, -0.1) is 0 Å². The Hall–Kier alpha value is -2.31. The minimum Gasteiger partial charge on any atom is -0.481 e. The van der Waals surface area contributed by atoms with Gasteiger partial charge in [0.05, 0.1) is 12.1 Å². The highest BCUT2D eigenvalue weighted by molar-refractivity contribution is 5.80. The number of anilines is 1. The van der Waals surface area contributed by atoms with Gasteiger partial charge >= 0.3 is 5.97 Å². The summed E-state index contributed by atoms with van der Waals surface area (Å²) in [5, 5.41) is 11.2. The van der Waals surface area contributed by atoms with Crippen molar-refractivity contribution in [2.45, 2.75) is 39.2 Å². The topological polar surface area (TPSA) is 91.6 Å². The van der Waals surface area contributed by atoms with Gasteiger partial charge in [-0.2, -0.15) is 0 Å². The van der Waals surface area contributed by atoms with E-state index in [0.717, 1.165) is 31.6 Å². The fraction of sp³-hybridized carbons (Fsp3) is 0.588. The molecule has 0 aromatic carbocycles. The molecule has 132 valence electrons. The van der Waals surface area contributed by atoms with Crippen LogP contribution in [0.5, 0.6) is 0 Å². The molecule has 7 heteroatoms. The number of pyridine rings is 1. The number of nitrogens with one attached hydrogen (secondary N) is 1. The summed E-state index contributed by atoms with van der Waals surface area (Å²) in [4.78, 5) is 37.0. The van der Waals surface area contributed by atoms with Crippen molar-refractivity contribution in [2.24, 2.45) is 5.92 Å². The quantitative estimate of drug-likeness (QED) is 0.816. The van der Waals surface area contributed by atoms with Crippen LogP contribution in [0.4, 0.5) is 5.69 Å². The number of carboxylic acid groups (broad SMARTS) is 1. The standard InChI is InChI=1S/C17H25N3O4/c1-12-6-9-19(10-7-12)14-3-4-15(21)20(11-14)13(2)17(24)18-8-5-16(22)23/h3-4,11-13H,5-10H2,1-2H3,(H,18,24)(H,22,23). The maximum absolute atomic E-state index is 12.1. The van der Waals surface area contributed by atoms with E-state index in [-0.39, 0.29) is 24.4 Å². The van der Waals surface area contributed by atoms with Crippen molar-refractivity contribution in [3.05, 3.63) is 28.7 Å². The predicted molar refractivity (Wildman–Crippen MR) is 91.3 cm³/mol. The number of piperidine rings is 1. The normalized spacial score (nSPS) is 16.7. The number of hydrogen-bond donors (Lipinski definition) is 2. The number of carbonyl (C=O) groups is 2. The van der Waals surface area contributed by atoms with Crippen LogP contribution in [0, 0.1) is 5.92 Å². The maximum Gasteiger partial charge on any atom is 0.305 e. The summed E-state index contributed by atoms with van der Waals surface area (Å²) in [5.74, 6) is -0.615. The number of hydrogen-bond acceptors (Lipinski definition) is 4. The Morgan fingerprint density at radius 1 is 1.33 bits per heavy atom. The van der Waals surface area contributed by atoms with Gasteiger partial charge in [-0.25, -0.2) is 0 Å². The lowest BCUT2D eigenvalue weighted by Gasteiger charge is -2.32. The number of amides is 1. The highest BCUT2D eigenvalue weighted by Crippen LogP contribution is 2.22. The van der Waals surface area contributed by atoms with Crippen LogP contribution in [-0.4, -0.2) is 41.2 Å². The zero-order valence-corrected chi connectivity index (χ0v) is 14.2. The lowest BCUT2D eigenvalue weighted by molar-refractivity contribution is -0.137. The number of aliphatic carboxylic acids is 1. The highest BCUT2D eigenvalue weighted by Gasteiger charge is 2.20. The molecule has 2 heterocycles. The van der Waals surface area contributed by atoms with Crippen molar-refractivity contribution in [3.8, 4) is 0 Å².